The third-order valence-electron chi connectivity index (χ3n) is 6.47. The van der Waals surface area contributed by atoms with Crippen LogP contribution in [0.3, 0.4) is 0 Å². The molecule has 0 radical (unpaired) electrons. The Morgan fingerprint density at radius 3 is 1.53 bits per heavy atom. The Balaban J connectivity index is 1.10. The molecule has 158 valence electrons. The van der Waals surface area contributed by atoms with Crippen LogP contribution in [-0.2, 0) is 25.7 Å². The van der Waals surface area contributed by atoms with E-state index in [1.165, 1.54) is 48.2 Å². The maximum absolute atomic E-state index is 4.57. The van der Waals surface area contributed by atoms with Crippen LogP contribution in [0, 0.1) is 0 Å². The van der Waals surface area contributed by atoms with Gasteiger partial charge in [0.15, 0.2) is 0 Å². The van der Waals surface area contributed by atoms with Crippen molar-refractivity contribution in [3.63, 3.8) is 0 Å². The van der Waals surface area contributed by atoms with E-state index < -0.39 is 0 Å². The monoisotopic (exact) mass is 404 g/mol. The Labute approximate surface area is 178 Å². The number of hydrogen-bond donors (Lipinski definition) is 4. The van der Waals surface area contributed by atoms with Crippen molar-refractivity contribution in [1.29, 1.82) is 0 Å². The van der Waals surface area contributed by atoms with Crippen LogP contribution in [0.15, 0.2) is 36.7 Å². The molecule has 2 aliphatic rings. The largest absolute Gasteiger partial charge is 0.345 e. The van der Waals surface area contributed by atoms with E-state index in [2.05, 4.69) is 54.8 Å². The SMILES string of the molecule is c1cc(CCc2cnc([C@@H]3CCCN3)[nH]2)ccc1CCc1cnc(C2CCCN2)[nH]1. The Morgan fingerprint density at radius 2 is 1.13 bits per heavy atom. The second-order valence-corrected chi connectivity index (χ2v) is 8.70. The molecular weight excluding hydrogens is 372 g/mol. The second-order valence-electron chi connectivity index (χ2n) is 8.70. The molecule has 4 N–H and O–H groups in total. The van der Waals surface area contributed by atoms with E-state index in [1.54, 1.807) is 0 Å². The molecule has 1 aromatic carbocycles. The minimum atomic E-state index is 0.415. The zero-order valence-corrected chi connectivity index (χ0v) is 17.6. The first kappa shape index (κ1) is 19.5. The summed E-state index contributed by atoms with van der Waals surface area (Å²) in [4.78, 5) is 16.2. The molecule has 0 bridgehead atoms. The molecule has 30 heavy (non-hydrogen) atoms. The van der Waals surface area contributed by atoms with Crippen molar-refractivity contribution in [2.75, 3.05) is 13.1 Å². The Morgan fingerprint density at radius 1 is 0.667 bits per heavy atom. The number of imidazole rings is 2. The third-order valence-corrected chi connectivity index (χ3v) is 6.47. The molecule has 0 amide bonds. The Bertz CT molecular complexity index is 852. The zero-order chi connectivity index (χ0) is 20.2. The first-order valence-electron chi connectivity index (χ1n) is 11.5. The number of aromatic nitrogens is 4. The van der Waals surface area contributed by atoms with Crippen LogP contribution in [0.1, 0.15) is 71.9 Å². The molecule has 2 fully saturated rings. The summed E-state index contributed by atoms with van der Waals surface area (Å²) in [6.45, 7) is 2.21. The minimum absolute atomic E-state index is 0.415. The minimum Gasteiger partial charge on any atom is -0.345 e. The Kier molecular flexibility index (Phi) is 5.95. The van der Waals surface area contributed by atoms with Crippen molar-refractivity contribution < 1.29 is 0 Å². The molecule has 1 unspecified atom stereocenters. The van der Waals surface area contributed by atoms with Crippen LogP contribution in [0.25, 0.3) is 0 Å². The first-order valence-corrected chi connectivity index (χ1v) is 11.5. The van der Waals surface area contributed by atoms with Crippen LogP contribution in [-0.4, -0.2) is 33.0 Å². The number of hydrogen-bond acceptors (Lipinski definition) is 4. The van der Waals surface area contributed by atoms with Gasteiger partial charge in [0.25, 0.3) is 0 Å². The summed E-state index contributed by atoms with van der Waals surface area (Å²) in [5.74, 6) is 2.20. The lowest BCUT2D eigenvalue weighted by molar-refractivity contribution is 0.611. The molecule has 3 aromatic rings. The number of H-pyrrole nitrogens is 2. The topological polar surface area (TPSA) is 81.4 Å². The maximum Gasteiger partial charge on any atom is 0.123 e. The van der Waals surface area contributed by atoms with Crippen LogP contribution in [0.5, 0.6) is 0 Å². The van der Waals surface area contributed by atoms with Gasteiger partial charge in [0.2, 0.25) is 0 Å². The predicted molar refractivity (Wildman–Crippen MR) is 118 cm³/mol. The number of aromatic amines is 2. The second kappa shape index (κ2) is 9.14. The number of nitrogens with zero attached hydrogens (tertiary/aromatic N) is 2. The van der Waals surface area contributed by atoms with Crippen molar-refractivity contribution in [3.8, 4) is 0 Å². The van der Waals surface area contributed by atoms with Crippen molar-refractivity contribution in [2.45, 2.75) is 63.5 Å². The molecule has 2 saturated heterocycles. The highest BCUT2D eigenvalue weighted by Gasteiger charge is 2.19. The number of rotatable bonds is 8. The summed E-state index contributed by atoms with van der Waals surface area (Å²) < 4.78 is 0. The summed E-state index contributed by atoms with van der Waals surface area (Å²) in [7, 11) is 0. The lowest BCUT2D eigenvalue weighted by atomic mass is 10.0. The lowest BCUT2D eigenvalue weighted by Crippen LogP contribution is -2.14. The van der Waals surface area contributed by atoms with Crippen molar-refractivity contribution in [3.05, 3.63) is 70.8 Å². The molecule has 0 aliphatic carbocycles. The van der Waals surface area contributed by atoms with Gasteiger partial charge >= 0.3 is 0 Å². The highest BCUT2D eigenvalue weighted by molar-refractivity contribution is 5.24. The van der Waals surface area contributed by atoms with Crippen LogP contribution in [0.2, 0.25) is 0 Å². The van der Waals surface area contributed by atoms with Gasteiger partial charge in [0.05, 0.1) is 12.1 Å². The molecule has 5 rings (SSSR count). The van der Waals surface area contributed by atoms with E-state index in [4.69, 9.17) is 0 Å². The van der Waals surface area contributed by atoms with E-state index in [0.717, 1.165) is 50.4 Å². The summed E-state index contributed by atoms with van der Waals surface area (Å²) in [5, 5.41) is 7.00. The van der Waals surface area contributed by atoms with E-state index in [1.807, 2.05) is 12.4 Å². The summed E-state index contributed by atoms with van der Waals surface area (Å²) >= 11 is 0. The average molecular weight is 405 g/mol. The molecule has 2 atom stereocenters. The van der Waals surface area contributed by atoms with Gasteiger partial charge in [-0.3, -0.25) is 0 Å². The smallest absolute Gasteiger partial charge is 0.123 e. The maximum atomic E-state index is 4.57. The number of benzene rings is 1. The summed E-state index contributed by atoms with van der Waals surface area (Å²) in [5.41, 5.74) is 5.22. The molecule has 0 saturated carbocycles. The average Bonchev–Trinajstić information content (AvgIpc) is 3.57. The highest BCUT2D eigenvalue weighted by Crippen LogP contribution is 2.21. The quantitative estimate of drug-likeness (QED) is 0.463. The fourth-order valence-electron chi connectivity index (χ4n) is 4.63. The van der Waals surface area contributed by atoms with Crippen molar-refractivity contribution in [2.24, 2.45) is 0 Å². The van der Waals surface area contributed by atoms with Crippen LogP contribution >= 0.6 is 0 Å². The normalized spacial score (nSPS) is 21.5. The van der Waals surface area contributed by atoms with Gasteiger partial charge < -0.3 is 20.6 Å². The third kappa shape index (κ3) is 4.65. The molecule has 2 aromatic heterocycles. The molecule has 0 spiro atoms. The summed E-state index contributed by atoms with van der Waals surface area (Å²) in [6.07, 6.45) is 13.0. The van der Waals surface area contributed by atoms with Gasteiger partial charge in [-0.2, -0.15) is 0 Å². The number of aryl methyl sites for hydroxylation is 4. The van der Waals surface area contributed by atoms with Gasteiger partial charge in [-0.1, -0.05) is 24.3 Å². The molecule has 2 aliphatic heterocycles. The van der Waals surface area contributed by atoms with Gasteiger partial charge in [0, 0.05) is 23.8 Å². The number of nitrogens with one attached hydrogen (secondary N) is 4. The van der Waals surface area contributed by atoms with Crippen LogP contribution < -0.4 is 10.6 Å². The van der Waals surface area contributed by atoms with E-state index >= 15 is 0 Å². The van der Waals surface area contributed by atoms with E-state index in [-0.39, 0.29) is 0 Å². The molecule has 6 heteroatoms. The predicted octanol–water partition coefficient (Wildman–Crippen LogP) is 3.55. The highest BCUT2D eigenvalue weighted by atomic mass is 15.0. The van der Waals surface area contributed by atoms with Gasteiger partial charge in [-0.05, 0) is 75.6 Å². The first-order chi connectivity index (χ1) is 14.8. The van der Waals surface area contributed by atoms with Crippen molar-refractivity contribution >= 4 is 0 Å². The lowest BCUT2D eigenvalue weighted by Gasteiger charge is -2.06. The molecule has 4 heterocycles. The fourth-order valence-corrected chi connectivity index (χ4v) is 4.63. The van der Waals surface area contributed by atoms with E-state index in [9.17, 15) is 0 Å². The van der Waals surface area contributed by atoms with Gasteiger partial charge in [0.1, 0.15) is 11.6 Å². The zero-order valence-electron chi connectivity index (χ0n) is 17.6. The van der Waals surface area contributed by atoms with Gasteiger partial charge in [-0.15, -0.1) is 0 Å². The summed E-state index contributed by atoms with van der Waals surface area (Å²) in [6, 6.07) is 9.91. The van der Waals surface area contributed by atoms with Crippen LogP contribution in [0.4, 0.5) is 0 Å². The van der Waals surface area contributed by atoms with E-state index in [0.29, 0.717) is 12.1 Å². The molecule has 6 nitrogen and oxygen atoms in total. The van der Waals surface area contributed by atoms with Gasteiger partial charge in [-0.25, -0.2) is 9.97 Å². The molecular formula is C24H32N6. The fraction of sp³-hybridized carbons (Fsp3) is 0.500. The standard InChI is InChI=1S/C24H32N6/c1-3-21(25-13-1)23-27-15-19(29-23)11-9-17-5-7-18(8-6-17)10-12-20-16-28-24(30-20)22-4-2-14-26-22/h5-8,15-16,21-22,25-26H,1-4,9-14H2,(H,27,29)(H,28,30)/t21-,22?/m0/s1. The Hall–Kier alpha value is -2.44. The van der Waals surface area contributed by atoms with Crippen molar-refractivity contribution in [1.82, 2.24) is 30.6 Å².